The van der Waals surface area contributed by atoms with Crippen LogP contribution in [0.15, 0.2) is 24.3 Å². The van der Waals surface area contributed by atoms with Gasteiger partial charge in [0.1, 0.15) is 0 Å². The van der Waals surface area contributed by atoms with Crippen LogP contribution in [0.25, 0.3) is 0 Å². The molecule has 1 aromatic carbocycles. The molecule has 0 aromatic heterocycles. The quantitative estimate of drug-likeness (QED) is 0.845. The van der Waals surface area contributed by atoms with Gasteiger partial charge in [-0.15, -0.1) is 0 Å². The van der Waals surface area contributed by atoms with E-state index < -0.39 is 5.97 Å². The van der Waals surface area contributed by atoms with Crippen LogP contribution >= 0.6 is 11.8 Å². The molecule has 5 heteroatoms. The summed E-state index contributed by atoms with van der Waals surface area (Å²) >= 11 is 1.81. The second kappa shape index (κ2) is 6.31. The summed E-state index contributed by atoms with van der Waals surface area (Å²) in [4.78, 5) is 23.1. The smallest absolute Gasteiger partial charge is 0.335 e. The summed E-state index contributed by atoms with van der Waals surface area (Å²) < 4.78 is 0.196. The fraction of sp³-hybridized carbons (Fsp3) is 0.467. The number of hydrogen-bond acceptors (Lipinski definition) is 3. The Balaban J connectivity index is 1.93. The molecule has 0 spiro atoms. The van der Waals surface area contributed by atoms with Gasteiger partial charge in [-0.25, -0.2) is 4.79 Å². The number of thioether (sulfide) groups is 1. The fourth-order valence-electron chi connectivity index (χ4n) is 2.40. The normalized spacial score (nSPS) is 16.2. The zero-order chi connectivity index (χ0) is 14.6. The number of nitrogens with one attached hydrogen (secondary N) is 1. The Morgan fingerprint density at radius 2 is 2.05 bits per heavy atom. The Morgan fingerprint density at radius 3 is 2.60 bits per heavy atom. The summed E-state index contributed by atoms with van der Waals surface area (Å²) in [6, 6.07) is 6.64. The van der Waals surface area contributed by atoms with E-state index in [2.05, 4.69) is 11.6 Å². The number of aromatic carboxylic acids is 1. The van der Waals surface area contributed by atoms with E-state index in [1.165, 1.54) is 12.5 Å². The van der Waals surface area contributed by atoms with Gasteiger partial charge in [0.25, 0.3) is 0 Å². The first-order valence-electron chi connectivity index (χ1n) is 6.69. The Labute approximate surface area is 123 Å². The summed E-state index contributed by atoms with van der Waals surface area (Å²) in [6.45, 7) is 0.669. The third-order valence-electron chi connectivity index (χ3n) is 3.90. The van der Waals surface area contributed by atoms with Gasteiger partial charge in [0.15, 0.2) is 0 Å². The first kappa shape index (κ1) is 14.9. The number of carboxylic acid groups (broad SMARTS) is 1. The summed E-state index contributed by atoms with van der Waals surface area (Å²) in [5.41, 5.74) is 0.759. The van der Waals surface area contributed by atoms with Crippen molar-refractivity contribution in [2.75, 3.05) is 12.8 Å². The molecule has 1 saturated carbocycles. The number of carbonyl (C=O) groups excluding carboxylic acids is 1. The number of carbonyl (C=O) groups is 2. The molecular formula is C15H19NO3S. The van der Waals surface area contributed by atoms with Crippen molar-refractivity contribution in [2.24, 2.45) is 0 Å². The zero-order valence-corrected chi connectivity index (χ0v) is 12.3. The van der Waals surface area contributed by atoms with Crippen LogP contribution in [-0.4, -0.2) is 34.5 Å². The van der Waals surface area contributed by atoms with Gasteiger partial charge in [-0.1, -0.05) is 24.6 Å². The molecule has 0 radical (unpaired) electrons. The predicted octanol–water partition coefficient (Wildman–Crippen LogP) is 2.33. The second-order valence-electron chi connectivity index (χ2n) is 5.16. The van der Waals surface area contributed by atoms with Crippen molar-refractivity contribution >= 4 is 23.6 Å². The lowest BCUT2D eigenvalue weighted by Crippen LogP contribution is -2.45. The maximum atomic E-state index is 12.0. The summed E-state index contributed by atoms with van der Waals surface area (Å²) in [5, 5.41) is 12.0. The monoisotopic (exact) mass is 293 g/mol. The van der Waals surface area contributed by atoms with Gasteiger partial charge < -0.3 is 10.4 Å². The minimum Gasteiger partial charge on any atom is -0.478 e. The van der Waals surface area contributed by atoms with Crippen LogP contribution in [0, 0.1) is 0 Å². The van der Waals surface area contributed by atoms with Crippen LogP contribution < -0.4 is 5.32 Å². The van der Waals surface area contributed by atoms with Gasteiger partial charge >= 0.3 is 5.97 Å². The minimum absolute atomic E-state index is 0.112. The van der Waals surface area contributed by atoms with E-state index in [4.69, 9.17) is 5.11 Å². The molecule has 0 bridgehead atoms. The average molecular weight is 293 g/mol. The lowest BCUT2D eigenvalue weighted by Gasteiger charge is -2.40. The van der Waals surface area contributed by atoms with Gasteiger partial charge in [-0.2, -0.15) is 11.8 Å². The second-order valence-corrected chi connectivity index (χ2v) is 6.43. The van der Waals surface area contributed by atoms with Gasteiger partial charge in [0, 0.05) is 11.3 Å². The predicted molar refractivity (Wildman–Crippen MR) is 80.2 cm³/mol. The standard InChI is InChI=1S/C15H19NO3S/c1-20-15(7-4-8-15)10-16-13(17)9-11-5-2-3-6-12(11)14(18)19/h2-3,5-6H,4,7-10H2,1H3,(H,16,17)(H,18,19). The maximum Gasteiger partial charge on any atom is 0.335 e. The molecule has 108 valence electrons. The molecule has 0 aliphatic heterocycles. The third-order valence-corrected chi connectivity index (χ3v) is 5.32. The van der Waals surface area contributed by atoms with Crippen molar-refractivity contribution in [3.05, 3.63) is 35.4 Å². The summed E-state index contributed by atoms with van der Waals surface area (Å²) in [6.07, 6.45) is 5.69. The number of carboxylic acids is 1. The highest BCUT2D eigenvalue weighted by atomic mass is 32.2. The molecule has 20 heavy (non-hydrogen) atoms. The highest BCUT2D eigenvalue weighted by Gasteiger charge is 2.36. The molecule has 0 heterocycles. The maximum absolute atomic E-state index is 12.0. The van der Waals surface area contributed by atoms with Crippen LogP contribution in [0.3, 0.4) is 0 Å². The number of hydrogen-bond donors (Lipinski definition) is 2. The highest BCUT2D eigenvalue weighted by molar-refractivity contribution is 8.00. The van der Waals surface area contributed by atoms with E-state index in [0.29, 0.717) is 12.1 Å². The SMILES string of the molecule is CSC1(CNC(=O)Cc2ccccc2C(=O)O)CCC1. The van der Waals surface area contributed by atoms with Crippen LogP contribution in [-0.2, 0) is 11.2 Å². The minimum atomic E-state index is -0.993. The molecule has 1 amide bonds. The van der Waals surface area contributed by atoms with Crippen LogP contribution in [0.2, 0.25) is 0 Å². The Morgan fingerprint density at radius 1 is 1.35 bits per heavy atom. The van der Waals surface area contributed by atoms with Crippen molar-refractivity contribution in [1.29, 1.82) is 0 Å². The Hall–Kier alpha value is -1.49. The Bertz CT molecular complexity index is 506. The van der Waals surface area contributed by atoms with E-state index in [-0.39, 0.29) is 22.6 Å². The summed E-state index contributed by atoms with van der Waals surface area (Å²) in [7, 11) is 0. The molecule has 1 fully saturated rings. The molecule has 1 aromatic rings. The number of amides is 1. The van der Waals surface area contributed by atoms with Crippen molar-refractivity contribution in [3.63, 3.8) is 0 Å². The van der Waals surface area contributed by atoms with Crippen molar-refractivity contribution in [1.82, 2.24) is 5.32 Å². The zero-order valence-electron chi connectivity index (χ0n) is 11.5. The first-order chi connectivity index (χ1) is 9.56. The molecule has 1 aliphatic rings. The van der Waals surface area contributed by atoms with Gasteiger partial charge in [0.05, 0.1) is 12.0 Å². The lowest BCUT2D eigenvalue weighted by atomic mass is 9.84. The van der Waals surface area contributed by atoms with E-state index >= 15 is 0 Å². The molecule has 1 aliphatic carbocycles. The average Bonchev–Trinajstić information content (AvgIpc) is 2.38. The first-order valence-corrected chi connectivity index (χ1v) is 7.92. The van der Waals surface area contributed by atoms with Crippen LogP contribution in [0.4, 0.5) is 0 Å². The van der Waals surface area contributed by atoms with E-state index in [9.17, 15) is 9.59 Å². The largest absolute Gasteiger partial charge is 0.478 e. The van der Waals surface area contributed by atoms with E-state index in [1.807, 2.05) is 0 Å². The van der Waals surface area contributed by atoms with Crippen molar-refractivity contribution < 1.29 is 14.7 Å². The Kier molecular flexibility index (Phi) is 4.70. The van der Waals surface area contributed by atoms with Crippen LogP contribution in [0.5, 0.6) is 0 Å². The lowest BCUT2D eigenvalue weighted by molar-refractivity contribution is -0.120. The molecule has 2 rings (SSSR count). The molecule has 0 saturated heterocycles. The molecule has 4 nitrogen and oxygen atoms in total. The summed E-state index contributed by atoms with van der Waals surface area (Å²) in [5.74, 6) is -1.10. The van der Waals surface area contributed by atoms with E-state index in [0.717, 1.165) is 12.8 Å². The van der Waals surface area contributed by atoms with Gasteiger partial charge in [-0.05, 0) is 30.7 Å². The third kappa shape index (κ3) is 3.33. The molecule has 0 unspecified atom stereocenters. The fourth-order valence-corrected chi connectivity index (χ4v) is 3.32. The molecule has 0 atom stereocenters. The number of benzene rings is 1. The molecule has 2 N–H and O–H groups in total. The molecular weight excluding hydrogens is 274 g/mol. The van der Waals surface area contributed by atoms with Gasteiger partial charge in [-0.3, -0.25) is 4.79 Å². The van der Waals surface area contributed by atoms with Crippen molar-refractivity contribution in [2.45, 2.75) is 30.4 Å². The van der Waals surface area contributed by atoms with Gasteiger partial charge in [0.2, 0.25) is 5.91 Å². The highest BCUT2D eigenvalue weighted by Crippen LogP contribution is 2.42. The van der Waals surface area contributed by atoms with Crippen LogP contribution in [0.1, 0.15) is 35.2 Å². The van der Waals surface area contributed by atoms with E-state index in [1.54, 1.807) is 30.0 Å². The topological polar surface area (TPSA) is 66.4 Å². The van der Waals surface area contributed by atoms with Crippen molar-refractivity contribution in [3.8, 4) is 0 Å². The number of rotatable bonds is 6.